The SMILES string of the molecule is CC(=O)N[C@H]1[C@@H](OCc2ccccc2)O[C@H](CO)[C@@H](O)[C@@H]1OC(C)C(=O)N[C@H](C(=O)N[C@H](CCC(=O)NCCCNc1c2ccccc2nc2cccc([N+](=O)[O-])c12)C(N)=O)C(C)C. The molecule has 3 aromatic carbocycles. The molecule has 4 aromatic rings. The van der Waals surface area contributed by atoms with Crippen molar-refractivity contribution < 1.29 is 53.3 Å². The monoisotopic (exact) mass is 888 g/mol. The van der Waals surface area contributed by atoms with Gasteiger partial charge in [-0.05, 0) is 43.4 Å². The number of hydrogen-bond acceptors (Lipinski definition) is 14. The Balaban J connectivity index is 1.14. The highest BCUT2D eigenvalue weighted by atomic mass is 16.7. The Kier molecular flexibility index (Phi) is 17.4. The van der Waals surface area contributed by atoms with Crippen molar-refractivity contribution in [1.29, 1.82) is 0 Å². The maximum absolute atomic E-state index is 13.6. The average Bonchev–Trinajstić information content (AvgIpc) is 3.26. The van der Waals surface area contributed by atoms with Crippen LogP contribution in [-0.4, -0.2) is 118 Å². The highest BCUT2D eigenvalue weighted by Gasteiger charge is 2.48. The summed E-state index contributed by atoms with van der Waals surface area (Å²) in [5, 5.41) is 48.0. The zero-order chi connectivity index (χ0) is 46.5. The number of non-ortho nitro benzene ring substituents is 1. The van der Waals surface area contributed by atoms with Gasteiger partial charge in [-0.25, -0.2) is 4.98 Å². The molecule has 1 fully saturated rings. The number of carbonyl (C=O) groups is 5. The van der Waals surface area contributed by atoms with Crippen LogP contribution in [0.4, 0.5) is 11.4 Å². The van der Waals surface area contributed by atoms with Gasteiger partial charge in [-0.15, -0.1) is 0 Å². The summed E-state index contributed by atoms with van der Waals surface area (Å²) in [6.07, 6.45) is -6.43. The zero-order valence-corrected chi connectivity index (χ0v) is 36.0. The Morgan fingerprint density at radius 2 is 1.64 bits per heavy atom. The van der Waals surface area contributed by atoms with E-state index in [-0.39, 0.29) is 31.7 Å². The minimum absolute atomic E-state index is 0.0549. The fourth-order valence-corrected chi connectivity index (χ4v) is 7.32. The van der Waals surface area contributed by atoms with Gasteiger partial charge in [0, 0.05) is 37.9 Å². The Morgan fingerprint density at radius 3 is 2.31 bits per heavy atom. The molecule has 0 radical (unpaired) electrons. The Labute approximate surface area is 369 Å². The Hall–Kier alpha value is -6.32. The van der Waals surface area contributed by atoms with Gasteiger partial charge in [0.1, 0.15) is 47.9 Å². The Bertz CT molecular complexity index is 2280. The number of nitro groups is 1. The summed E-state index contributed by atoms with van der Waals surface area (Å²) in [6.45, 7) is 5.94. The average molecular weight is 889 g/mol. The maximum Gasteiger partial charge on any atom is 0.280 e. The summed E-state index contributed by atoms with van der Waals surface area (Å²) in [5.41, 5.74) is 7.99. The maximum atomic E-state index is 13.6. The third kappa shape index (κ3) is 12.7. The lowest BCUT2D eigenvalue weighted by molar-refractivity contribution is -0.383. The molecule has 1 aromatic heterocycles. The predicted octanol–water partition coefficient (Wildman–Crippen LogP) is 1.68. The number of amides is 5. The summed E-state index contributed by atoms with van der Waals surface area (Å²) in [4.78, 5) is 80.6. The number of nitrogens with two attached hydrogens (primary N) is 1. The zero-order valence-electron chi connectivity index (χ0n) is 36.0. The molecule has 5 amide bonds. The van der Waals surface area contributed by atoms with E-state index in [1.54, 1.807) is 26.0 Å². The quantitative estimate of drug-likeness (QED) is 0.0241. The second-order valence-electron chi connectivity index (χ2n) is 15.8. The van der Waals surface area contributed by atoms with E-state index in [4.69, 9.17) is 19.9 Å². The first-order chi connectivity index (χ1) is 30.6. The lowest BCUT2D eigenvalue weighted by Crippen LogP contribution is -2.66. The molecule has 2 heterocycles. The van der Waals surface area contributed by atoms with Crippen LogP contribution in [0, 0.1) is 16.0 Å². The number of fused-ring (bicyclic) bond motifs is 2. The highest BCUT2D eigenvalue weighted by molar-refractivity contribution is 6.11. The highest BCUT2D eigenvalue weighted by Crippen LogP contribution is 2.36. The molecule has 5 rings (SSSR count). The van der Waals surface area contributed by atoms with E-state index in [9.17, 15) is 44.3 Å². The fourth-order valence-electron chi connectivity index (χ4n) is 7.32. The summed E-state index contributed by atoms with van der Waals surface area (Å²) in [7, 11) is 0. The molecule has 0 saturated carbocycles. The van der Waals surface area contributed by atoms with Gasteiger partial charge in [0.15, 0.2) is 6.29 Å². The third-order valence-electron chi connectivity index (χ3n) is 10.6. The van der Waals surface area contributed by atoms with Gasteiger partial charge in [-0.3, -0.25) is 34.1 Å². The number of nitrogens with zero attached hydrogens (tertiary/aromatic N) is 2. The van der Waals surface area contributed by atoms with Crippen molar-refractivity contribution in [3.8, 4) is 0 Å². The normalized spacial score (nSPS) is 19.9. The van der Waals surface area contributed by atoms with E-state index in [2.05, 4.69) is 31.6 Å². The van der Waals surface area contributed by atoms with Crippen LogP contribution in [0.3, 0.4) is 0 Å². The number of aromatic nitrogens is 1. The molecule has 1 aliphatic rings. The molecule has 20 nitrogen and oxygen atoms in total. The topological polar surface area (TPSA) is 296 Å². The number of nitrogens with one attached hydrogen (secondary N) is 5. The van der Waals surface area contributed by atoms with E-state index in [1.165, 1.54) is 19.9 Å². The van der Waals surface area contributed by atoms with Crippen molar-refractivity contribution in [2.45, 2.75) is 102 Å². The van der Waals surface area contributed by atoms with Crippen LogP contribution in [0.1, 0.15) is 52.5 Å². The minimum atomic E-state index is -1.51. The van der Waals surface area contributed by atoms with Crippen LogP contribution in [0.5, 0.6) is 0 Å². The van der Waals surface area contributed by atoms with E-state index < -0.39 is 95.8 Å². The van der Waals surface area contributed by atoms with Gasteiger partial charge in [0.25, 0.3) is 5.69 Å². The summed E-state index contributed by atoms with van der Waals surface area (Å²) in [6, 6.07) is 17.5. The summed E-state index contributed by atoms with van der Waals surface area (Å²) >= 11 is 0. The minimum Gasteiger partial charge on any atom is -0.394 e. The number of hydrogen-bond donors (Lipinski definition) is 8. The van der Waals surface area contributed by atoms with Crippen LogP contribution in [-0.2, 0) is 44.8 Å². The van der Waals surface area contributed by atoms with Crippen molar-refractivity contribution in [3.05, 3.63) is 88.5 Å². The predicted molar refractivity (Wildman–Crippen MR) is 234 cm³/mol. The Morgan fingerprint density at radius 1 is 0.938 bits per heavy atom. The van der Waals surface area contributed by atoms with E-state index >= 15 is 0 Å². The van der Waals surface area contributed by atoms with Gasteiger partial charge >= 0.3 is 0 Å². The van der Waals surface area contributed by atoms with Crippen molar-refractivity contribution in [2.24, 2.45) is 11.7 Å². The van der Waals surface area contributed by atoms with Gasteiger partial charge < -0.3 is 56.7 Å². The summed E-state index contributed by atoms with van der Waals surface area (Å²) < 4.78 is 17.8. The number of aliphatic hydroxyl groups excluding tert-OH is 2. The largest absolute Gasteiger partial charge is 0.394 e. The first-order valence-electron chi connectivity index (χ1n) is 21.0. The molecule has 344 valence electrons. The number of aliphatic hydroxyl groups is 2. The van der Waals surface area contributed by atoms with Crippen LogP contribution < -0.4 is 32.3 Å². The number of nitro benzene ring substituents is 1. The smallest absolute Gasteiger partial charge is 0.280 e. The van der Waals surface area contributed by atoms with Gasteiger partial charge in [0.2, 0.25) is 29.5 Å². The van der Waals surface area contributed by atoms with E-state index in [0.717, 1.165) is 5.56 Å². The number of primary amides is 1. The van der Waals surface area contributed by atoms with Gasteiger partial charge in [0.05, 0.1) is 34.9 Å². The van der Waals surface area contributed by atoms with E-state index in [0.29, 0.717) is 40.5 Å². The second kappa shape index (κ2) is 22.9. The molecule has 20 heteroatoms. The third-order valence-corrected chi connectivity index (χ3v) is 10.6. The number of benzene rings is 3. The number of ether oxygens (including phenoxy) is 3. The van der Waals surface area contributed by atoms with Gasteiger partial charge in [-0.1, -0.05) is 68.4 Å². The van der Waals surface area contributed by atoms with Crippen LogP contribution >= 0.6 is 0 Å². The number of carbonyl (C=O) groups excluding carboxylic acids is 5. The molecule has 1 aliphatic heterocycles. The second-order valence-corrected chi connectivity index (χ2v) is 15.8. The molecule has 64 heavy (non-hydrogen) atoms. The van der Waals surface area contributed by atoms with Crippen LogP contribution in [0.2, 0.25) is 0 Å². The van der Waals surface area contributed by atoms with Crippen molar-refractivity contribution in [2.75, 3.05) is 25.0 Å². The molecule has 9 N–H and O–H groups in total. The standard InChI is InChI=1S/C44H56N8O12/c1-24(2)36(51-42(58)25(3)63-40-38(48-26(4)54)44(64-33(22-53)39(40)56)62-23-27-12-6-5-7-13-27)43(59)50-31(41(45)57)18-19-34(55)46-20-11-21-47-37-28-14-8-9-15-29(28)49-30-16-10-17-32(35(30)37)52(60)61/h5-10,12-17,24-25,31,33,36,38-40,44,53,56H,11,18-23H2,1-4H3,(H2,45,57)(H,46,55)(H,47,49)(H,48,54)(H,50,59)(H,51,58)/t25?,31-,33-,36+,38-,39-,40-,44+/m1/s1. The fraction of sp³-hybridized carbons (Fsp3) is 0.455. The van der Waals surface area contributed by atoms with E-state index in [1.807, 2.05) is 54.6 Å². The summed E-state index contributed by atoms with van der Waals surface area (Å²) in [5.74, 6) is -3.86. The molecule has 0 aliphatic carbocycles. The van der Waals surface area contributed by atoms with Gasteiger partial charge in [-0.2, -0.15) is 0 Å². The number of rotatable bonds is 22. The van der Waals surface area contributed by atoms with Crippen molar-refractivity contribution in [3.63, 3.8) is 0 Å². The van der Waals surface area contributed by atoms with Crippen molar-refractivity contribution in [1.82, 2.24) is 26.3 Å². The number of pyridine rings is 1. The number of anilines is 1. The number of para-hydroxylation sites is 1. The molecule has 1 unspecified atom stereocenters. The first kappa shape index (κ1) is 48.7. The molecular formula is C44H56N8O12. The molecule has 8 atom stereocenters. The molecule has 0 bridgehead atoms. The van der Waals surface area contributed by atoms with Crippen LogP contribution in [0.25, 0.3) is 21.8 Å². The molecular weight excluding hydrogens is 833 g/mol. The molecule has 0 spiro atoms. The first-order valence-corrected chi connectivity index (χ1v) is 21.0. The van der Waals surface area contributed by atoms with Crippen LogP contribution in [0.15, 0.2) is 72.8 Å². The van der Waals surface area contributed by atoms with Crippen molar-refractivity contribution >= 4 is 62.7 Å². The lowest BCUT2D eigenvalue weighted by Gasteiger charge is -2.44. The lowest BCUT2D eigenvalue weighted by atomic mass is 9.96. The molecule has 1 saturated heterocycles.